The van der Waals surface area contributed by atoms with E-state index in [9.17, 15) is 4.39 Å². The summed E-state index contributed by atoms with van der Waals surface area (Å²) in [6.45, 7) is 3.13. The Bertz CT molecular complexity index is 369. The number of hydrogen-bond acceptors (Lipinski definition) is 2. The van der Waals surface area contributed by atoms with Crippen molar-refractivity contribution in [2.45, 2.75) is 38.3 Å². The van der Waals surface area contributed by atoms with Crippen LogP contribution in [0, 0.1) is 5.82 Å². The molecule has 1 aromatic carbocycles. The van der Waals surface area contributed by atoms with E-state index in [1.165, 1.54) is 25.0 Å². The highest BCUT2D eigenvalue weighted by molar-refractivity contribution is 5.22. The first-order valence-electron chi connectivity index (χ1n) is 6.31. The number of hydrogen-bond donors (Lipinski definition) is 0. The van der Waals surface area contributed by atoms with E-state index < -0.39 is 0 Å². The molecule has 0 bridgehead atoms. The van der Waals surface area contributed by atoms with E-state index in [2.05, 4.69) is 18.9 Å². The second-order valence-electron chi connectivity index (χ2n) is 4.82. The van der Waals surface area contributed by atoms with Crippen LogP contribution in [0.15, 0.2) is 24.3 Å². The van der Waals surface area contributed by atoms with Crippen LogP contribution in [0.3, 0.4) is 0 Å². The molecule has 0 amide bonds. The average molecular weight is 237 g/mol. The lowest BCUT2D eigenvalue weighted by molar-refractivity contribution is 0.207. The van der Waals surface area contributed by atoms with E-state index in [4.69, 9.17) is 4.74 Å². The van der Waals surface area contributed by atoms with Crippen LogP contribution in [-0.4, -0.2) is 30.6 Å². The molecule has 1 heterocycles. The minimum absolute atomic E-state index is 0.193. The van der Waals surface area contributed by atoms with E-state index in [0.29, 0.717) is 11.8 Å². The Morgan fingerprint density at radius 3 is 3.00 bits per heavy atom. The van der Waals surface area contributed by atoms with Crippen LogP contribution in [0.5, 0.6) is 5.75 Å². The van der Waals surface area contributed by atoms with Gasteiger partial charge in [0, 0.05) is 25.1 Å². The Morgan fingerprint density at radius 2 is 2.29 bits per heavy atom. The predicted octanol–water partition coefficient (Wildman–Crippen LogP) is 3.08. The van der Waals surface area contributed by atoms with Crippen molar-refractivity contribution in [3.63, 3.8) is 0 Å². The minimum atomic E-state index is -0.237. The maximum Gasteiger partial charge on any atom is 0.126 e. The number of ether oxygens (including phenoxy) is 1. The van der Waals surface area contributed by atoms with Gasteiger partial charge in [-0.1, -0.05) is 19.4 Å². The molecule has 0 aliphatic carbocycles. The zero-order valence-electron chi connectivity index (χ0n) is 10.5. The minimum Gasteiger partial charge on any atom is -0.489 e. The van der Waals surface area contributed by atoms with E-state index in [1.807, 2.05) is 6.07 Å². The van der Waals surface area contributed by atoms with Crippen molar-refractivity contribution >= 4 is 0 Å². The van der Waals surface area contributed by atoms with Crippen molar-refractivity contribution in [3.8, 4) is 5.75 Å². The van der Waals surface area contributed by atoms with Gasteiger partial charge in [-0.15, -0.1) is 0 Å². The molecule has 17 heavy (non-hydrogen) atoms. The number of likely N-dealkylation sites (tertiary alicyclic amines) is 1. The van der Waals surface area contributed by atoms with Crippen LogP contribution < -0.4 is 4.74 Å². The molecule has 1 aliphatic heterocycles. The molecule has 0 saturated carbocycles. The summed E-state index contributed by atoms with van der Waals surface area (Å²) in [4.78, 5) is 2.34. The van der Waals surface area contributed by atoms with Gasteiger partial charge in [0.1, 0.15) is 17.7 Å². The second-order valence-corrected chi connectivity index (χ2v) is 4.82. The number of benzene rings is 1. The molecule has 1 fully saturated rings. The highest BCUT2D eigenvalue weighted by Gasteiger charge is 2.29. The first-order valence-corrected chi connectivity index (χ1v) is 6.31. The Balaban J connectivity index is 1.93. The standard InChI is InChI=1S/C14H20FNO/c1-3-5-12-9-14(10-16(12)2)17-13-7-4-6-11(15)8-13/h4,6-8,12,14H,3,5,9-10H2,1-2H3/t12?,14-/m0/s1. The summed E-state index contributed by atoms with van der Waals surface area (Å²) in [5, 5.41) is 0. The maximum atomic E-state index is 13.0. The summed E-state index contributed by atoms with van der Waals surface area (Å²) in [6, 6.07) is 7.00. The lowest BCUT2D eigenvalue weighted by atomic mass is 10.1. The van der Waals surface area contributed by atoms with Crippen LogP contribution in [0.4, 0.5) is 4.39 Å². The number of rotatable bonds is 4. The molecular formula is C14H20FNO. The number of halogens is 1. The lowest BCUT2D eigenvalue weighted by Gasteiger charge is -2.16. The number of likely N-dealkylation sites (N-methyl/N-ethyl adjacent to an activating group) is 1. The van der Waals surface area contributed by atoms with Gasteiger partial charge >= 0.3 is 0 Å². The van der Waals surface area contributed by atoms with Gasteiger partial charge in [-0.3, -0.25) is 4.90 Å². The second kappa shape index (κ2) is 5.50. The van der Waals surface area contributed by atoms with Crippen LogP contribution >= 0.6 is 0 Å². The zero-order chi connectivity index (χ0) is 12.3. The third-order valence-electron chi connectivity index (χ3n) is 3.37. The van der Waals surface area contributed by atoms with Gasteiger partial charge in [-0.05, 0) is 25.6 Å². The largest absolute Gasteiger partial charge is 0.489 e. The first kappa shape index (κ1) is 12.4. The Kier molecular flexibility index (Phi) is 4.00. The summed E-state index contributed by atoms with van der Waals surface area (Å²) in [5.41, 5.74) is 0. The molecule has 3 heteroatoms. The fourth-order valence-electron chi connectivity index (χ4n) is 2.52. The third kappa shape index (κ3) is 3.19. The van der Waals surface area contributed by atoms with Crippen LogP contribution in [0.1, 0.15) is 26.2 Å². The zero-order valence-corrected chi connectivity index (χ0v) is 10.5. The highest BCUT2D eigenvalue weighted by Crippen LogP contribution is 2.24. The van der Waals surface area contributed by atoms with Gasteiger partial charge in [-0.2, -0.15) is 0 Å². The van der Waals surface area contributed by atoms with Crippen molar-refractivity contribution in [1.29, 1.82) is 0 Å². The van der Waals surface area contributed by atoms with Crippen LogP contribution in [0.25, 0.3) is 0 Å². The molecular weight excluding hydrogens is 217 g/mol. The first-order chi connectivity index (χ1) is 8.19. The van der Waals surface area contributed by atoms with Crippen molar-refractivity contribution in [1.82, 2.24) is 4.90 Å². The van der Waals surface area contributed by atoms with E-state index in [0.717, 1.165) is 13.0 Å². The Hall–Kier alpha value is -1.09. The highest BCUT2D eigenvalue weighted by atomic mass is 19.1. The summed E-state index contributed by atoms with van der Waals surface area (Å²) < 4.78 is 18.8. The molecule has 2 rings (SSSR count). The fourth-order valence-corrected chi connectivity index (χ4v) is 2.52. The number of nitrogens with zero attached hydrogens (tertiary/aromatic N) is 1. The van der Waals surface area contributed by atoms with Gasteiger partial charge in [0.2, 0.25) is 0 Å². The lowest BCUT2D eigenvalue weighted by Crippen LogP contribution is -2.25. The fraction of sp³-hybridized carbons (Fsp3) is 0.571. The summed E-state index contributed by atoms with van der Waals surface area (Å²) in [5.74, 6) is 0.402. The summed E-state index contributed by atoms with van der Waals surface area (Å²) in [7, 11) is 2.13. The topological polar surface area (TPSA) is 12.5 Å². The molecule has 1 unspecified atom stereocenters. The smallest absolute Gasteiger partial charge is 0.126 e. The molecule has 2 atom stereocenters. The molecule has 0 radical (unpaired) electrons. The predicted molar refractivity (Wildman–Crippen MR) is 66.8 cm³/mol. The molecule has 0 aromatic heterocycles. The molecule has 1 aliphatic rings. The van der Waals surface area contributed by atoms with Gasteiger partial charge < -0.3 is 4.74 Å². The molecule has 2 nitrogen and oxygen atoms in total. The normalized spacial score (nSPS) is 25.1. The quantitative estimate of drug-likeness (QED) is 0.798. The average Bonchev–Trinajstić information content (AvgIpc) is 2.60. The van der Waals surface area contributed by atoms with Crippen molar-refractivity contribution < 1.29 is 9.13 Å². The van der Waals surface area contributed by atoms with E-state index in [-0.39, 0.29) is 11.9 Å². The molecule has 0 N–H and O–H groups in total. The summed E-state index contributed by atoms with van der Waals surface area (Å²) in [6.07, 6.45) is 3.64. The summed E-state index contributed by atoms with van der Waals surface area (Å²) >= 11 is 0. The van der Waals surface area contributed by atoms with E-state index in [1.54, 1.807) is 6.07 Å². The molecule has 94 valence electrons. The molecule has 0 spiro atoms. The van der Waals surface area contributed by atoms with Gasteiger partial charge in [-0.25, -0.2) is 4.39 Å². The third-order valence-corrected chi connectivity index (χ3v) is 3.37. The maximum absolute atomic E-state index is 13.0. The van der Waals surface area contributed by atoms with Crippen molar-refractivity contribution in [2.24, 2.45) is 0 Å². The Morgan fingerprint density at radius 1 is 1.47 bits per heavy atom. The van der Waals surface area contributed by atoms with E-state index >= 15 is 0 Å². The van der Waals surface area contributed by atoms with Crippen LogP contribution in [0.2, 0.25) is 0 Å². The van der Waals surface area contributed by atoms with Gasteiger partial charge in [0.05, 0.1) is 0 Å². The molecule has 1 saturated heterocycles. The van der Waals surface area contributed by atoms with Crippen LogP contribution in [-0.2, 0) is 0 Å². The molecule has 1 aromatic rings. The van der Waals surface area contributed by atoms with Gasteiger partial charge in [0.15, 0.2) is 0 Å². The van der Waals surface area contributed by atoms with Gasteiger partial charge in [0.25, 0.3) is 0 Å². The van der Waals surface area contributed by atoms with Crippen molar-refractivity contribution in [2.75, 3.05) is 13.6 Å². The van der Waals surface area contributed by atoms with Crippen molar-refractivity contribution in [3.05, 3.63) is 30.1 Å². The monoisotopic (exact) mass is 237 g/mol. The SMILES string of the molecule is CCCC1C[C@H](Oc2cccc(F)c2)CN1C. The Labute approximate surface area is 102 Å².